The summed E-state index contributed by atoms with van der Waals surface area (Å²) in [6, 6.07) is 7.71. The van der Waals surface area contributed by atoms with Crippen LogP contribution in [0.25, 0.3) is 0 Å². The number of hydrogen-bond acceptors (Lipinski definition) is 3. The van der Waals surface area contributed by atoms with Gasteiger partial charge >= 0.3 is 0 Å². The van der Waals surface area contributed by atoms with Gasteiger partial charge in [-0.15, -0.1) is 0 Å². The highest BCUT2D eigenvalue weighted by Gasteiger charge is 2.13. The lowest BCUT2D eigenvalue weighted by Crippen LogP contribution is -2.39. The van der Waals surface area contributed by atoms with Gasteiger partial charge in [0.2, 0.25) is 5.91 Å². The summed E-state index contributed by atoms with van der Waals surface area (Å²) in [7, 11) is 3.55. The molecule has 1 amide bonds. The monoisotopic (exact) mass is 290 g/mol. The highest BCUT2D eigenvalue weighted by atomic mass is 16.5. The number of nitrogens with zero attached hydrogens (tertiary/aromatic N) is 2. The molecular weight excluding hydrogens is 264 g/mol. The standard InChI is InChI=1S/C17H26N2O2/c1-18(12-13-19-10-4-3-5-11-19)17(20)14-15-6-8-16(21-2)9-7-15/h6-9H,3-5,10-14H2,1-2H3. The van der Waals surface area contributed by atoms with E-state index in [-0.39, 0.29) is 5.91 Å². The first kappa shape index (κ1) is 15.8. The van der Waals surface area contributed by atoms with Crippen molar-refractivity contribution in [2.75, 3.05) is 40.3 Å². The molecular formula is C17H26N2O2. The number of carbonyl (C=O) groups is 1. The van der Waals surface area contributed by atoms with Crippen molar-refractivity contribution in [3.63, 3.8) is 0 Å². The van der Waals surface area contributed by atoms with Crippen molar-refractivity contribution in [1.29, 1.82) is 0 Å². The molecule has 0 spiro atoms. The minimum absolute atomic E-state index is 0.178. The van der Waals surface area contributed by atoms with Crippen LogP contribution in [0.2, 0.25) is 0 Å². The molecule has 1 aromatic carbocycles. The fourth-order valence-corrected chi connectivity index (χ4v) is 2.65. The van der Waals surface area contributed by atoms with E-state index in [1.165, 1.54) is 32.4 Å². The van der Waals surface area contributed by atoms with Crippen LogP contribution in [0.15, 0.2) is 24.3 Å². The van der Waals surface area contributed by atoms with Crippen LogP contribution in [-0.2, 0) is 11.2 Å². The summed E-state index contributed by atoms with van der Waals surface area (Å²) in [6.45, 7) is 4.17. The Morgan fingerprint density at radius 3 is 2.48 bits per heavy atom. The van der Waals surface area contributed by atoms with Crippen molar-refractivity contribution in [3.8, 4) is 5.75 Å². The zero-order valence-electron chi connectivity index (χ0n) is 13.2. The largest absolute Gasteiger partial charge is 0.497 e. The summed E-state index contributed by atoms with van der Waals surface area (Å²) in [6.07, 6.45) is 4.40. The van der Waals surface area contributed by atoms with Crippen molar-refractivity contribution in [2.24, 2.45) is 0 Å². The van der Waals surface area contributed by atoms with Crippen LogP contribution in [0.5, 0.6) is 5.75 Å². The second-order valence-corrected chi connectivity index (χ2v) is 5.74. The van der Waals surface area contributed by atoms with Crippen molar-refractivity contribution in [1.82, 2.24) is 9.80 Å². The molecule has 0 unspecified atom stereocenters. The number of hydrogen-bond donors (Lipinski definition) is 0. The zero-order valence-corrected chi connectivity index (χ0v) is 13.2. The molecule has 1 aromatic rings. The fraction of sp³-hybridized carbons (Fsp3) is 0.588. The zero-order chi connectivity index (χ0) is 15.1. The van der Waals surface area contributed by atoms with Gasteiger partial charge < -0.3 is 14.5 Å². The number of piperidine rings is 1. The minimum Gasteiger partial charge on any atom is -0.497 e. The van der Waals surface area contributed by atoms with Crippen molar-refractivity contribution in [3.05, 3.63) is 29.8 Å². The third-order valence-corrected chi connectivity index (χ3v) is 4.14. The average Bonchev–Trinajstić information content (AvgIpc) is 2.54. The first-order valence-electron chi connectivity index (χ1n) is 7.78. The Hall–Kier alpha value is -1.55. The van der Waals surface area contributed by atoms with Gasteiger partial charge in [0.25, 0.3) is 0 Å². The van der Waals surface area contributed by atoms with E-state index in [0.717, 1.165) is 24.4 Å². The maximum Gasteiger partial charge on any atom is 0.226 e. The molecule has 21 heavy (non-hydrogen) atoms. The van der Waals surface area contributed by atoms with Crippen molar-refractivity contribution < 1.29 is 9.53 Å². The molecule has 1 saturated heterocycles. The number of ether oxygens (including phenoxy) is 1. The minimum atomic E-state index is 0.178. The summed E-state index contributed by atoms with van der Waals surface area (Å²) in [5.41, 5.74) is 1.03. The lowest BCUT2D eigenvalue weighted by atomic mass is 10.1. The maximum atomic E-state index is 12.2. The van der Waals surface area contributed by atoms with E-state index in [0.29, 0.717) is 6.42 Å². The topological polar surface area (TPSA) is 32.8 Å². The molecule has 0 saturated carbocycles. The van der Waals surface area contributed by atoms with Gasteiger partial charge in [0.05, 0.1) is 13.5 Å². The van der Waals surface area contributed by atoms with Gasteiger partial charge in [-0.3, -0.25) is 4.79 Å². The second kappa shape index (κ2) is 8.03. The molecule has 1 aliphatic rings. The number of amides is 1. The Bertz CT molecular complexity index is 439. The lowest BCUT2D eigenvalue weighted by molar-refractivity contribution is -0.129. The molecule has 2 rings (SSSR count). The summed E-state index contributed by atoms with van der Waals surface area (Å²) < 4.78 is 5.13. The summed E-state index contributed by atoms with van der Waals surface area (Å²) in [4.78, 5) is 16.5. The maximum absolute atomic E-state index is 12.2. The van der Waals surface area contributed by atoms with Gasteiger partial charge in [-0.25, -0.2) is 0 Å². The summed E-state index contributed by atoms with van der Waals surface area (Å²) in [5, 5.41) is 0. The Morgan fingerprint density at radius 1 is 1.19 bits per heavy atom. The van der Waals surface area contributed by atoms with Crippen LogP contribution >= 0.6 is 0 Å². The Morgan fingerprint density at radius 2 is 1.86 bits per heavy atom. The molecule has 1 fully saturated rings. The van der Waals surface area contributed by atoms with E-state index in [4.69, 9.17) is 4.74 Å². The van der Waals surface area contributed by atoms with Crippen LogP contribution in [0.4, 0.5) is 0 Å². The van der Waals surface area contributed by atoms with E-state index in [1.54, 1.807) is 7.11 Å². The number of benzene rings is 1. The average molecular weight is 290 g/mol. The van der Waals surface area contributed by atoms with Crippen LogP contribution in [0.1, 0.15) is 24.8 Å². The molecule has 116 valence electrons. The molecule has 0 aromatic heterocycles. The predicted molar refractivity (Wildman–Crippen MR) is 84.6 cm³/mol. The molecule has 0 aliphatic carbocycles. The summed E-state index contributed by atoms with van der Waals surface area (Å²) >= 11 is 0. The quantitative estimate of drug-likeness (QED) is 0.805. The molecule has 4 heteroatoms. The molecule has 0 bridgehead atoms. The van der Waals surface area contributed by atoms with Gasteiger partial charge in [-0.1, -0.05) is 18.6 Å². The number of likely N-dealkylation sites (tertiary alicyclic amines) is 1. The van der Waals surface area contributed by atoms with E-state index in [9.17, 15) is 4.79 Å². The third-order valence-electron chi connectivity index (χ3n) is 4.14. The van der Waals surface area contributed by atoms with Gasteiger partial charge in [0.15, 0.2) is 0 Å². The fourth-order valence-electron chi connectivity index (χ4n) is 2.65. The van der Waals surface area contributed by atoms with E-state index in [2.05, 4.69) is 4.90 Å². The molecule has 4 nitrogen and oxygen atoms in total. The van der Waals surface area contributed by atoms with Crippen molar-refractivity contribution in [2.45, 2.75) is 25.7 Å². The van der Waals surface area contributed by atoms with Crippen LogP contribution in [-0.4, -0.2) is 56.0 Å². The predicted octanol–water partition coefficient (Wildman–Crippen LogP) is 2.18. The SMILES string of the molecule is COc1ccc(CC(=O)N(C)CCN2CCCCC2)cc1. The first-order chi connectivity index (χ1) is 10.2. The first-order valence-corrected chi connectivity index (χ1v) is 7.78. The smallest absolute Gasteiger partial charge is 0.226 e. The normalized spacial score (nSPS) is 15.7. The molecule has 0 N–H and O–H groups in total. The van der Waals surface area contributed by atoms with Gasteiger partial charge in [-0.2, -0.15) is 0 Å². The highest BCUT2D eigenvalue weighted by molar-refractivity contribution is 5.78. The van der Waals surface area contributed by atoms with E-state index >= 15 is 0 Å². The number of carbonyl (C=O) groups excluding carboxylic acids is 1. The van der Waals surface area contributed by atoms with E-state index < -0.39 is 0 Å². The highest BCUT2D eigenvalue weighted by Crippen LogP contribution is 2.12. The third kappa shape index (κ3) is 5.05. The second-order valence-electron chi connectivity index (χ2n) is 5.74. The summed E-state index contributed by atoms with van der Waals surface area (Å²) in [5.74, 6) is 1.00. The Labute approximate surface area is 127 Å². The molecule has 0 atom stereocenters. The van der Waals surface area contributed by atoms with E-state index in [1.807, 2.05) is 36.2 Å². The Balaban J connectivity index is 1.75. The van der Waals surface area contributed by atoms with Crippen molar-refractivity contribution >= 4 is 5.91 Å². The lowest BCUT2D eigenvalue weighted by Gasteiger charge is -2.28. The number of methoxy groups -OCH3 is 1. The molecule has 1 heterocycles. The van der Waals surface area contributed by atoms with Gasteiger partial charge in [-0.05, 0) is 43.6 Å². The van der Waals surface area contributed by atoms with Crippen LogP contribution in [0, 0.1) is 0 Å². The number of rotatable bonds is 6. The Kier molecular flexibility index (Phi) is 6.05. The van der Waals surface area contributed by atoms with Gasteiger partial charge in [0, 0.05) is 20.1 Å². The van der Waals surface area contributed by atoms with Crippen LogP contribution < -0.4 is 4.74 Å². The molecule has 1 aliphatic heterocycles. The molecule has 0 radical (unpaired) electrons. The number of likely N-dealkylation sites (N-methyl/N-ethyl adjacent to an activating group) is 1. The van der Waals surface area contributed by atoms with Gasteiger partial charge in [0.1, 0.15) is 5.75 Å². The van der Waals surface area contributed by atoms with Crippen LogP contribution in [0.3, 0.4) is 0 Å².